The Bertz CT molecular complexity index is 901. The Morgan fingerprint density at radius 1 is 1.17 bits per heavy atom. The van der Waals surface area contributed by atoms with Crippen LogP contribution in [0, 0.1) is 6.92 Å². The summed E-state index contributed by atoms with van der Waals surface area (Å²) in [4.78, 5) is 8.79. The van der Waals surface area contributed by atoms with Gasteiger partial charge in [-0.1, -0.05) is 0 Å². The van der Waals surface area contributed by atoms with Gasteiger partial charge in [-0.25, -0.2) is 4.98 Å². The van der Waals surface area contributed by atoms with Crippen LogP contribution < -0.4 is 0 Å². The molecule has 0 aliphatic heterocycles. The van der Waals surface area contributed by atoms with Crippen molar-refractivity contribution >= 4 is 42.5 Å². The lowest BCUT2D eigenvalue weighted by Crippen LogP contribution is -1.89. The molecule has 3 nitrogen and oxygen atoms in total. The quantitative estimate of drug-likeness (QED) is 0.479. The van der Waals surface area contributed by atoms with Gasteiger partial charge in [0, 0.05) is 34.9 Å². The third-order valence-electron chi connectivity index (χ3n) is 3.50. The maximum Gasteiger partial charge on any atom is 0.106 e. The lowest BCUT2D eigenvalue weighted by molar-refractivity contribution is 0.886. The largest absolute Gasteiger partial charge is 0.331 e. The van der Waals surface area contributed by atoms with E-state index in [9.17, 15) is 0 Å². The Hall–Kier alpha value is -1.94. The zero-order valence-electron chi connectivity index (χ0n) is 10.1. The van der Waals surface area contributed by atoms with Crippen molar-refractivity contribution in [2.45, 2.75) is 6.92 Å². The van der Waals surface area contributed by atoms with Gasteiger partial charge in [-0.05, 0) is 25.1 Å². The van der Waals surface area contributed by atoms with Crippen LogP contribution in [0.5, 0.6) is 0 Å². The summed E-state index contributed by atoms with van der Waals surface area (Å²) in [6.07, 6.45) is 3.78. The molecule has 88 valence electrons. The average Bonchev–Trinajstić information content (AvgIpc) is 2.87. The first-order chi connectivity index (χ1) is 8.74. The molecule has 0 aliphatic rings. The van der Waals surface area contributed by atoms with E-state index in [1.165, 1.54) is 25.7 Å². The number of aromatic nitrogens is 3. The van der Waals surface area contributed by atoms with Crippen LogP contribution in [0.25, 0.3) is 31.2 Å². The Morgan fingerprint density at radius 2 is 2.06 bits per heavy atom. The van der Waals surface area contributed by atoms with Gasteiger partial charge in [-0.2, -0.15) is 0 Å². The first kappa shape index (κ1) is 10.0. The number of benzene rings is 1. The fraction of sp³-hybridized carbons (Fsp3) is 0.143. The lowest BCUT2D eigenvalue weighted by atomic mass is 10.2. The van der Waals surface area contributed by atoms with Crippen LogP contribution in [-0.4, -0.2) is 14.5 Å². The molecule has 0 saturated heterocycles. The molecule has 4 aromatic rings. The fourth-order valence-corrected chi connectivity index (χ4v) is 3.52. The molecule has 0 spiro atoms. The number of nitrogens with zero attached hydrogens (tertiary/aromatic N) is 3. The number of aryl methyl sites for hydroxylation is 2. The highest BCUT2D eigenvalue weighted by Gasteiger charge is 2.10. The molecule has 0 saturated carbocycles. The van der Waals surface area contributed by atoms with Crippen molar-refractivity contribution < 1.29 is 0 Å². The number of hydrogen-bond donors (Lipinski definition) is 0. The molecule has 0 atom stereocenters. The van der Waals surface area contributed by atoms with Crippen molar-refractivity contribution in [1.82, 2.24) is 14.5 Å². The normalized spacial score (nSPS) is 11.9. The number of imidazole rings is 1. The van der Waals surface area contributed by atoms with Crippen LogP contribution in [0.4, 0.5) is 0 Å². The zero-order chi connectivity index (χ0) is 12.3. The predicted octanol–water partition coefficient (Wildman–Crippen LogP) is 3.64. The van der Waals surface area contributed by atoms with Crippen LogP contribution >= 0.6 is 11.3 Å². The van der Waals surface area contributed by atoms with Gasteiger partial charge in [0.2, 0.25) is 0 Å². The Morgan fingerprint density at radius 3 is 2.94 bits per heavy atom. The summed E-state index contributed by atoms with van der Waals surface area (Å²) in [7, 11) is 2.06. The SMILES string of the molecule is Cc1nc2cc3c(cc2n1C)sc1cnccc13. The average molecular weight is 253 g/mol. The highest BCUT2D eigenvalue weighted by Crippen LogP contribution is 2.35. The van der Waals surface area contributed by atoms with Crippen molar-refractivity contribution in [2.75, 3.05) is 0 Å². The minimum atomic E-state index is 1.05. The van der Waals surface area contributed by atoms with Crippen molar-refractivity contribution in [1.29, 1.82) is 0 Å². The Balaban J connectivity index is 2.26. The van der Waals surface area contributed by atoms with Gasteiger partial charge < -0.3 is 4.57 Å². The van der Waals surface area contributed by atoms with E-state index >= 15 is 0 Å². The van der Waals surface area contributed by atoms with Crippen LogP contribution in [0.2, 0.25) is 0 Å². The molecule has 0 radical (unpaired) electrons. The van der Waals surface area contributed by atoms with Crippen LogP contribution in [0.1, 0.15) is 5.82 Å². The maximum atomic E-state index is 4.60. The van der Waals surface area contributed by atoms with Crippen LogP contribution in [0.3, 0.4) is 0 Å². The number of hydrogen-bond acceptors (Lipinski definition) is 3. The second kappa shape index (κ2) is 3.29. The molecule has 0 bridgehead atoms. The third-order valence-corrected chi connectivity index (χ3v) is 4.60. The van der Waals surface area contributed by atoms with Crippen molar-refractivity contribution in [3.63, 3.8) is 0 Å². The third kappa shape index (κ3) is 1.18. The van der Waals surface area contributed by atoms with Gasteiger partial charge in [0.25, 0.3) is 0 Å². The van der Waals surface area contributed by atoms with Crippen molar-refractivity contribution in [3.05, 3.63) is 36.4 Å². The zero-order valence-corrected chi connectivity index (χ0v) is 11.0. The first-order valence-corrected chi connectivity index (χ1v) is 6.65. The lowest BCUT2D eigenvalue weighted by Gasteiger charge is -1.96. The van der Waals surface area contributed by atoms with E-state index in [1.807, 2.05) is 19.3 Å². The second-order valence-corrected chi connectivity index (χ2v) is 5.61. The molecule has 0 fully saturated rings. The van der Waals surface area contributed by atoms with E-state index in [1.54, 1.807) is 11.3 Å². The molecule has 0 unspecified atom stereocenters. The van der Waals surface area contributed by atoms with E-state index in [-0.39, 0.29) is 0 Å². The first-order valence-electron chi connectivity index (χ1n) is 5.83. The van der Waals surface area contributed by atoms with Crippen molar-refractivity contribution in [3.8, 4) is 0 Å². The topological polar surface area (TPSA) is 30.7 Å². The number of thiophene rings is 1. The molecule has 0 N–H and O–H groups in total. The minimum Gasteiger partial charge on any atom is -0.331 e. The summed E-state index contributed by atoms with van der Waals surface area (Å²) in [5, 5.41) is 2.55. The standard InChI is InChI=1S/C14H11N3S/c1-8-16-11-5-10-9-3-4-15-7-14(9)18-13(10)6-12(11)17(8)2/h3-7H,1-2H3. The maximum absolute atomic E-state index is 4.60. The molecule has 3 aromatic heterocycles. The number of pyridine rings is 1. The molecule has 4 rings (SSSR count). The molecule has 4 heteroatoms. The molecular formula is C14H11N3S. The van der Waals surface area contributed by atoms with Gasteiger partial charge in [0.15, 0.2) is 0 Å². The van der Waals surface area contributed by atoms with Gasteiger partial charge in [-0.3, -0.25) is 4.98 Å². The monoisotopic (exact) mass is 253 g/mol. The van der Waals surface area contributed by atoms with Crippen LogP contribution in [0.15, 0.2) is 30.6 Å². The number of rotatable bonds is 0. The summed E-state index contributed by atoms with van der Waals surface area (Å²) in [5.41, 5.74) is 2.26. The van der Waals surface area contributed by atoms with Gasteiger partial charge in [0.05, 0.1) is 15.7 Å². The number of fused-ring (bicyclic) bond motifs is 4. The summed E-state index contributed by atoms with van der Waals surface area (Å²) >= 11 is 1.79. The minimum absolute atomic E-state index is 1.05. The van der Waals surface area contributed by atoms with E-state index < -0.39 is 0 Å². The van der Waals surface area contributed by atoms with E-state index in [4.69, 9.17) is 0 Å². The highest BCUT2D eigenvalue weighted by atomic mass is 32.1. The highest BCUT2D eigenvalue weighted by molar-refractivity contribution is 7.25. The summed E-state index contributed by atoms with van der Waals surface area (Å²) in [6.45, 7) is 2.04. The Kier molecular flexibility index (Phi) is 1.84. The predicted molar refractivity (Wildman–Crippen MR) is 76.1 cm³/mol. The van der Waals surface area contributed by atoms with Crippen molar-refractivity contribution in [2.24, 2.45) is 7.05 Å². The summed E-state index contributed by atoms with van der Waals surface area (Å²) < 4.78 is 4.67. The molecular weight excluding hydrogens is 242 g/mol. The molecule has 0 aliphatic carbocycles. The molecule has 18 heavy (non-hydrogen) atoms. The van der Waals surface area contributed by atoms with E-state index in [0.29, 0.717) is 0 Å². The van der Waals surface area contributed by atoms with E-state index in [0.717, 1.165) is 11.3 Å². The second-order valence-electron chi connectivity index (χ2n) is 4.53. The molecule has 3 heterocycles. The summed E-state index contributed by atoms with van der Waals surface area (Å²) in [6, 6.07) is 6.50. The van der Waals surface area contributed by atoms with Crippen LogP contribution in [-0.2, 0) is 7.05 Å². The molecule has 1 aromatic carbocycles. The Labute approximate surface area is 108 Å². The fourth-order valence-electron chi connectivity index (χ4n) is 2.44. The van der Waals surface area contributed by atoms with Gasteiger partial charge in [-0.15, -0.1) is 11.3 Å². The van der Waals surface area contributed by atoms with Gasteiger partial charge >= 0.3 is 0 Å². The summed E-state index contributed by atoms with van der Waals surface area (Å²) in [5.74, 6) is 1.05. The smallest absolute Gasteiger partial charge is 0.106 e. The molecule has 0 amide bonds. The van der Waals surface area contributed by atoms with E-state index in [2.05, 4.69) is 39.8 Å². The van der Waals surface area contributed by atoms with Gasteiger partial charge in [0.1, 0.15) is 5.82 Å².